The Balaban J connectivity index is 1.65. The van der Waals surface area contributed by atoms with Gasteiger partial charge in [-0.05, 0) is 25.0 Å². The molecule has 0 unspecified atom stereocenters. The molecule has 23 heavy (non-hydrogen) atoms. The molecule has 3 heterocycles. The lowest BCUT2D eigenvalue weighted by Crippen LogP contribution is -2.38. The molecular formula is C16H19N5O2. The molecule has 0 atom stereocenters. The van der Waals surface area contributed by atoms with Crippen LogP contribution in [0.5, 0.6) is 5.75 Å². The third-order valence-electron chi connectivity index (χ3n) is 4.08. The maximum atomic E-state index is 12.5. The minimum Gasteiger partial charge on any atom is -0.497 e. The van der Waals surface area contributed by atoms with Crippen LogP contribution >= 0.6 is 0 Å². The van der Waals surface area contributed by atoms with Gasteiger partial charge in [0.05, 0.1) is 7.11 Å². The number of pyridine rings is 1. The van der Waals surface area contributed by atoms with Gasteiger partial charge in [-0.2, -0.15) is 0 Å². The summed E-state index contributed by atoms with van der Waals surface area (Å²) in [7, 11) is 1.57. The summed E-state index contributed by atoms with van der Waals surface area (Å²) in [6.07, 6.45) is 4.97. The lowest BCUT2D eigenvalue weighted by atomic mass is 9.93. The summed E-state index contributed by atoms with van der Waals surface area (Å²) in [6, 6.07) is 5.28. The van der Waals surface area contributed by atoms with E-state index in [9.17, 15) is 4.79 Å². The zero-order valence-electron chi connectivity index (χ0n) is 13.0. The number of hydrogen-bond donors (Lipinski definition) is 1. The van der Waals surface area contributed by atoms with E-state index < -0.39 is 0 Å². The molecule has 2 aromatic rings. The lowest BCUT2D eigenvalue weighted by Gasteiger charge is -2.31. The van der Waals surface area contributed by atoms with Crippen molar-refractivity contribution in [3.8, 4) is 5.75 Å². The number of aromatic nitrogens is 3. The van der Waals surface area contributed by atoms with E-state index in [-0.39, 0.29) is 5.91 Å². The first-order valence-electron chi connectivity index (χ1n) is 7.55. The van der Waals surface area contributed by atoms with Gasteiger partial charge < -0.3 is 15.4 Å². The molecule has 0 bridgehead atoms. The van der Waals surface area contributed by atoms with Crippen LogP contribution in [0, 0.1) is 0 Å². The van der Waals surface area contributed by atoms with E-state index in [0.717, 1.165) is 18.5 Å². The molecule has 2 N–H and O–H groups in total. The van der Waals surface area contributed by atoms with Gasteiger partial charge in [0.2, 0.25) is 5.95 Å². The van der Waals surface area contributed by atoms with Crippen LogP contribution < -0.4 is 10.5 Å². The molecule has 0 aromatic carbocycles. The van der Waals surface area contributed by atoms with Gasteiger partial charge in [0.25, 0.3) is 5.91 Å². The van der Waals surface area contributed by atoms with Crippen molar-refractivity contribution in [3.05, 3.63) is 42.0 Å². The van der Waals surface area contributed by atoms with Crippen molar-refractivity contribution < 1.29 is 9.53 Å². The third kappa shape index (κ3) is 3.39. The number of carbonyl (C=O) groups excluding carboxylic acids is 1. The van der Waals surface area contributed by atoms with Gasteiger partial charge >= 0.3 is 0 Å². The molecule has 7 nitrogen and oxygen atoms in total. The fourth-order valence-electron chi connectivity index (χ4n) is 2.81. The number of nitrogens with zero attached hydrogens (tertiary/aromatic N) is 4. The number of ether oxygens (including phenoxy) is 1. The van der Waals surface area contributed by atoms with E-state index in [1.165, 1.54) is 0 Å². The maximum Gasteiger partial charge on any atom is 0.272 e. The quantitative estimate of drug-likeness (QED) is 0.922. The largest absolute Gasteiger partial charge is 0.497 e. The van der Waals surface area contributed by atoms with Gasteiger partial charge in [-0.3, -0.25) is 9.78 Å². The molecule has 1 amide bonds. The minimum absolute atomic E-state index is 0.0652. The predicted molar refractivity (Wildman–Crippen MR) is 85.1 cm³/mol. The van der Waals surface area contributed by atoms with Crippen LogP contribution in [-0.4, -0.2) is 46.0 Å². The number of rotatable bonds is 3. The summed E-state index contributed by atoms with van der Waals surface area (Å²) in [5.74, 6) is 1.17. The summed E-state index contributed by atoms with van der Waals surface area (Å²) >= 11 is 0. The molecule has 0 saturated carbocycles. The molecule has 0 radical (unpaired) electrons. The Kier molecular flexibility index (Phi) is 4.36. The molecule has 2 aromatic heterocycles. The van der Waals surface area contributed by atoms with E-state index in [1.54, 1.807) is 31.6 Å². The van der Waals surface area contributed by atoms with Crippen molar-refractivity contribution in [1.82, 2.24) is 19.9 Å². The smallest absolute Gasteiger partial charge is 0.272 e. The molecular weight excluding hydrogens is 294 g/mol. The molecule has 3 rings (SSSR count). The van der Waals surface area contributed by atoms with Gasteiger partial charge in [-0.25, -0.2) is 9.97 Å². The van der Waals surface area contributed by atoms with Gasteiger partial charge in [0.1, 0.15) is 11.4 Å². The number of hydrogen-bond acceptors (Lipinski definition) is 6. The first kappa shape index (κ1) is 15.2. The molecule has 1 fully saturated rings. The van der Waals surface area contributed by atoms with Crippen LogP contribution in [0.4, 0.5) is 5.95 Å². The van der Waals surface area contributed by atoms with Crippen molar-refractivity contribution in [3.63, 3.8) is 0 Å². The number of amides is 1. The number of nitrogens with two attached hydrogens (primary N) is 1. The number of likely N-dealkylation sites (tertiary alicyclic amines) is 1. The van der Waals surface area contributed by atoms with E-state index in [1.807, 2.05) is 11.0 Å². The average Bonchev–Trinajstić information content (AvgIpc) is 2.61. The van der Waals surface area contributed by atoms with Crippen molar-refractivity contribution in [2.75, 3.05) is 25.9 Å². The minimum atomic E-state index is -0.0652. The summed E-state index contributed by atoms with van der Waals surface area (Å²) in [6.45, 7) is 1.35. The molecule has 7 heteroatoms. The van der Waals surface area contributed by atoms with Gasteiger partial charge in [-0.1, -0.05) is 0 Å². The fraction of sp³-hybridized carbons (Fsp3) is 0.375. The Morgan fingerprint density at radius 1 is 1.26 bits per heavy atom. The molecule has 0 aliphatic carbocycles. The Morgan fingerprint density at radius 2 is 2.00 bits per heavy atom. The molecule has 1 saturated heterocycles. The van der Waals surface area contributed by atoms with E-state index in [2.05, 4.69) is 15.0 Å². The molecule has 1 aliphatic heterocycles. The molecule has 0 spiro atoms. The van der Waals surface area contributed by atoms with E-state index >= 15 is 0 Å². The van der Waals surface area contributed by atoms with Crippen LogP contribution in [-0.2, 0) is 0 Å². The second-order valence-electron chi connectivity index (χ2n) is 5.49. The highest BCUT2D eigenvalue weighted by Crippen LogP contribution is 2.27. The zero-order valence-corrected chi connectivity index (χ0v) is 13.0. The second kappa shape index (κ2) is 6.60. The van der Waals surface area contributed by atoms with Crippen molar-refractivity contribution in [1.29, 1.82) is 0 Å². The van der Waals surface area contributed by atoms with Crippen molar-refractivity contribution in [2.24, 2.45) is 0 Å². The van der Waals surface area contributed by atoms with Crippen LogP contribution in [0.25, 0.3) is 0 Å². The van der Waals surface area contributed by atoms with Gasteiger partial charge in [0, 0.05) is 43.2 Å². The van der Waals surface area contributed by atoms with E-state index in [0.29, 0.717) is 36.4 Å². The van der Waals surface area contributed by atoms with Crippen molar-refractivity contribution in [2.45, 2.75) is 18.8 Å². The van der Waals surface area contributed by atoms with Gasteiger partial charge in [-0.15, -0.1) is 0 Å². The van der Waals surface area contributed by atoms with Crippen LogP contribution in [0.3, 0.4) is 0 Å². The topological polar surface area (TPSA) is 94.2 Å². The number of methoxy groups -OCH3 is 1. The summed E-state index contributed by atoms with van der Waals surface area (Å²) in [4.78, 5) is 26.7. The summed E-state index contributed by atoms with van der Waals surface area (Å²) in [5.41, 5.74) is 7.00. The Labute approximate surface area is 134 Å². The third-order valence-corrected chi connectivity index (χ3v) is 4.08. The van der Waals surface area contributed by atoms with Crippen LogP contribution in [0.15, 0.2) is 30.6 Å². The fourth-order valence-corrected chi connectivity index (χ4v) is 2.81. The number of piperidine rings is 1. The van der Waals surface area contributed by atoms with Gasteiger partial charge in [0.15, 0.2) is 0 Å². The maximum absolute atomic E-state index is 12.5. The Bertz CT molecular complexity index is 698. The zero-order chi connectivity index (χ0) is 16.2. The summed E-state index contributed by atoms with van der Waals surface area (Å²) in [5, 5.41) is 0. The average molecular weight is 313 g/mol. The molecule has 120 valence electrons. The predicted octanol–water partition coefficient (Wildman–Crippen LogP) is 1.48. The second-order valence-corrected chi connectivity index (χ2v) is 5.49. The Morgan fingerprint density at radius 3 is 2.70 bits per heavy atom. The Hall–Kier alpha value is -2.70. The SMILES string of the molecule is COc1ccnc(C(=O)N2CCC(c3ccnc(N)n3)CC2)c1. The number of anilines is 1. The first-order valence-corrected chi connectivity index (χ1v) is 7.55. The summed E-state index contributed by atoms with van der Waals surface area (Å²) < 4.78 is 5.14. The first-order chi connectivity index (χ1) is 11.2. The highest BCUT2D eigenvalue weighted by atomic mass is 16.5. The standard InChI is InChI=1S/C16H19N5O2/c1-23-12-2-6-18-14(10-12)15(22)21-8-4-11(5-9-21)13-3-7-19-16(17)20-13/h2-3,6-7,10-11H,4-5,8-9H2,1H3,(H2,17,19,20). The van der Waals surface area contributed by atoms with E-state index in [4.69, 9.17) is 10.5 Å². The van der Waals surface area contributed by atoms with Crippen molar-refractivity contribution >= 4 is 11.9 Å². The van der Waals surface area contributed by atoms with Crippen LogP contribution in [0.2, 0.25) is 0 Å². The lowest BCUT2D eigenvalue weighted by molar-refractivity contribution is 0.0705. The highest BCUT2D eigenvalue weighted by Gasteiger charge is 2.26. The molecule has 1 aliphatic rings. The highest BCUT2D eigenvalue weighted by molar-refractivity contribution is 5.92. The monoisotopic (exact) mass is 313 g/mol. The normalized spacial score (nSPS) is 15.4. The number of nitrogen functional groups attached to an aromatic ring is 1. The number of carbonyl (C=O) groups is 1. The van der Waals surface area contributed by atoms with Crippen LogP contribution in [0.1, 0.15) is 34.9 Å².